The Balaban J connectivity index is 2.00. The second-order valence-electron chi connectivity index (χ2n) is 4.03. The summed E-state index contributed by atoms with van der Waals surface area (Å²) in [5, 5.41) is 1.95. The largest absolute Gasteiger partial charge is 0.341 e. The molecule has 15 heavy (non-hydrogen) atoms. The molecule has 1 amide bonds. The molecular formula is C11H16N2OS. The van der Waals surface area contributed by atoms with E-state index in [4.69, 9.17) is 5.73 Å². The lowest BCUT2D eigenvalue weighted by atomic mass is 9.91. The number of thiophene rings is 1. The van der Waals surface area contributed by atoms with E-state index < -0.39 is 6.04 Å². The van der Waals surface area contributed by atoms with Crippen molar-refractivity contribution < 1.29 is 4.79 Å². The highest BCUT2D eigenvalue weighted by Crippen LogP contribution is 2.26. The van der Waals surface area contributed by atoms with Crippen LogP contribution in [-0.4, -0.2) is 23.9 Å². The molecule has 1 aromatic rings. The quantitative estimate of drug-likeness (QED) is 0.850. The van der Waals surface area contributed by atoms with E-state index in [1.165, 1.54) is 6.42 Å². The minimum absolute atomic E-state index is 0.0437. The lowest BCUT2D eigenvalue weighted by Gasteiger charge is -2.35. The summed E-state index contributed by atoms with van der Waals surface area (Å²) in [5.41, 5.74) is 5.92. The van der Waals surface area contributed by atoms with Gasteiger partial charge in [0.2, 0.25) is 5.91 Å². The zero-order chi connectivity index (χ0) is 10.8. The van der Waals surface area contributed by atoms with Crippen molar-refractivity contribution in [3.05, 3.63) is 22.4 Å². The topological polar surface area (TPSA) is 46.3 Å². The van der Waals surface area contributed by atoms with Gasteiger partial charge in [-0.1, -0.05) is 6.07 Å². The van der Waals surface area contributed by atoms with E-state index in [1.54, 1.807) is 11.3 Å². The second-order valence-corrected chi connectivity index (χ2v) is 5.01. The predicted molar refractivity (Wildman–Crippen MR) is 61.7 cm³/mol. The van der Waals surface area contributed by atoms with Crippen LogP contribution in [0.3, 0.4) is 0 Å². The molecule has 0 spiro atoms. The van der Waals surface area contributed by atoms with Gasteiger partial charge in [-0.25, -0.2) is 0 Å². The summed E-state index contributed by atoms with van der Waals surface area (Å²) >= 11 is 1.54. The fraction of sp³-hybridized carbons (Fsp3) is 0.545. The van der Waals surface area contributed by atoms with Crippen molar-refractivity contribution in [2.45, 2.75) is 31.3 Å². The van der Waals surface area contributed by atoms with Crippen molar-refractivity contribution in [3.63, 3.8) is 0 Å². The molecule has 0 aliphatic heterocycles. The molecule has 1 heterocycles. The van der Waals surface area contributed by atoms with E-state index in [0.29, 0.717) is 6.04 Å². The number of rotatable bonds is 3. The Hall–Kier alpha value is -0.870. The van der Waals surface area contributed by atoms with Crippen molar-refractivity contribution in [1.29, 1.82) is 0 Å². The molecule has 1 unspecified atom stereocenters. The fourth-order valence-corrected chi connectivity index (χ4v) is 2.48. The van der Waals surface area contributed by atoms with E-state index in [-0.39, 0.29) is 5.91 Å². The van der Waals surface area contributed by atoms with Gasteiger partial charge in [0.25, 0.3) is 0 Å². The van der Waals surface area contributed by atoms with Gasteiger partial charge in [0.15, 0.2) is 0 Å². The molecule has 4 heteroatoms. The Morgan fingerprint density at radius 1 is 1.67 bits per heavy atom. The zero-order valence-corrected chi connectivity index (χ0v) is 9.67. The molecule has 1 aliphatic rings. The summed E-state index contributed by atoms with van der Waals surface area (Å²) in [6.45, 7) is 0. The number of carbonyl (C=O) groups is 1. The molecule has 1 aliphatic carbocycles. The molecule has 0 saturated heterocycles. The highest BCUT2D eigenvalue weighted by atomic mass is 32.1. The van der Waals surface area contributed by atoms with Crippen LogP contribution in [0.2, 0.25) is 0 Å². The van der Waals surface area contributed by atoms with Gasteiger partial charge in [-0.15, -0.1) is 11.3 Å². The van der Waals surface area contributed by atoms with Gasteiger partial charge >= 0.3 is 0 Å². The first kappa shape index (κ1) is 10.6. The van der Waals surface area contributed by atoms with Crippen LogP contribution in [0.1, 0.15) is 30.2 Å². The number of amides is 1. The predicted octanol–water partition coefficient (Wildman–Crippen LogP) is 1.76. The fourth-order valence-electron chi connectivity index (χ4n) is 1.76. The summed E-state index contributed by atoms with van der Waals surface area (Å²) in [5.74, 6) is 0.0437. The zero-order valence-electron chi connectivity index (χ0n) is 8.85. The van der Waals surface area contributed by atoms with E-state index in [2.05, 4.69) is 0 Å². The van der Waals surface area contributed by atoms with Gasteiger partial charge in [0.1, 0.15) is 6.04 Å². The summed E-state index contributed by atoms with van der Waals surface area (Å²) < 4.78 is 0. The average Bonchev–Trinajstić information content (AvgIpc) is 2.65. The minimum Gasteiger partial charge on any atom is -0.341 e. The van der Waals surface area contributed by atoms with Gasteiger partial charge in [-0.05, 0) is 30.7 Å². The van der Waals surface area contributed by atoms with Crippen LogP contribution in [0.15, 0.2) is 17.5 Å². The van der Waals surface area contributed by atoms with Crippen molar-refractivity contribution in [2.24, 2.45) is 5.73 Å². The third-order valence-electron chi connectivity index (χ3n) is 3.09. The first-order valence-electron chi connectivity index (χ1n) is 5.26. The molecule has 0 aromatic carbocycles. The Morgan fingerprint density at radius 2 is 2.40 bits per heavy atom. The van der Waals surface area contributed by atoms with E-state index in [9.17, 15) is 4.79 Å². The van der Waals surface area contributed by atoms with Crippen LogP contribution >= 0.6 is 11.3 Å². The highest BCUT2D eigenvalue weighted by Gasteiger charge is 2.29. The average molecular weight is 224 g/mol. The molecule has 2 N–H and O–H groups in total. The Morgan fingerprint density at radius 3 is 2.87 bits per heavy atom. The summed E-state index contributed by atoms with van der Waals surface area (Å²) in [6, 6.07) is 3.79. The summed E-state index contributed by atoms with van der Waals surface area (Å²) in [4.78, 5) is 14.7. The van der Waals surface area contributed by atoms with Crippen LogP contribution in [0.25, 0.3) is 0 Å². The lowest BCUT2D eigenvalue weighted by Crippen LogP contribution is -2.45. The van der Waals surface area contributed by atoms with Crippen molar-refractivity contribution in [2.75, 3.05) is 7.05 Å². The molecule has 0 radical (unpaired) electrons. The smallest absolute Gasteiger partial charge is 0.244 e. The normalized spacial score (nSPS) is 18.3. The molecule has 1 fully saturated rings. The summed E-state index contributed by atoms with van der Waals surface area (Å²) in [6.07, 6.45) is 3.48. The van der Waals surface area contributed by atoms with Crippen LogP contribution in [0, 0.1) is 0 Å². The van der Waals surface area contributed by atoms with Crippen LogP contribution < -0.4 is 5.73 Å². The third kappa shape index (κ3) is 2.06. The third-order valence-corrected chi connectivity index (χ3v) is 4.04. The second kappa shape index (κ2) is 4.33. The lowest BCUT2D eigenvalue weighted by molar-refractivity contribution is -0.134. The molecule has 0 bridgehead atoms. The van der Waals surface area contributed by atoms with E-state index in [1.807, 2.05) is 29.5 Å². The maximum atomic E-state index is 12.0. The maximum Gasteiger partial charge on any atom is 0.244 e. The standard InChI is InChI=1S/C11H16N2OS/c1-13(8-4-2-5-8)11(14)10(12)9-6-3-7-15-9/h3,6-8,10H,2,4-5,12H2,1H3. The number of nitrogens with zero attached hydrogens (tertiary/aromatic N) is 1. The minimum atomic E-state index is -0.476. The molecular weight excluding hydrogens is 208 g/mol. The molecule has 2 rings (SSSR count). The van der Waals surface area contributed by atoms with Crippen molar-refractivity contribution >= 4 is 17.2 Å². The van der Waals surface area contributed by atoms with Gasteiger partial charge in [-0.2, -0.15) is 0 Å². The maximum absolute atomic E-state index is 12.0. The number of carbonyl (C=O) groups excluding carboxylic acids is 1. The molecule has 1 atom stereocenters. The van der Waals surface area contributed by atoms with Crippen LogP contribution in [0.5, 0.6) is 0 Å². The Labute approximate surface area is 93.9 Å². The number of hydrogen-bond donors (Lipinski definition) is 1. The van der Waals surface area contributed by atoms with Crippen molar-refractivity contribution in [3.8, 4) is 0 Å². The van der Waals surface area contributed by atoms with Gasteiger partial charge in [-0.3, -0.25) is 4.79 Å². The molecule has 1 aromatic heterocycles. The SMILES string of the molecule is CN(C(=O)C(N)c1cccs1)C1CCC1. The summed E-state index contributed by atoms with van der Waals surface area (Å²) in [7, 11) is 1.86. The molecule has 3 nitrogen and oxygen atoms in total. The van der Waals surface area contributed by atoms with E-state index in [0.717, 1.165) is 17.7 Å². The first-order chi connectivity index (χ1) is 7.20. The van der Waals surface area contributed by atoms with Crippen LogP contribution in [-0.2, 0) is 4.79 Å². The van der Waals surface area contributed by atoms with Gasteiger partial charge < -0.3 is 10.6 Å². The number of hydrogen-bond acceptors (Lipinski definition) is 3. The van der Waals surface area contributed by atoms with E-state index >= 15 is 0 Å². The molecule has 1 saturated carbocycles. The van der Waals surface area contributed by atoms with Crippen LogP contribution in [0.4, 0.5) is 0 Å². The van der Waals surface area contributed by atoms with Gasteiger partial charge in [0.05, 0.1) is 0 Å². The van der Waals surface area contributed by atoms with Gasteiger partial charge in [0, 0.05) is 18.0 Å². The van der Waals surface area contributed by atoms with Crippen molar-refractivity contribution in [1.82, 2.24) is 4.90 Å². The highest BCUT2D eigenvalue weighted by molar-refractivity contribution is 7.10. The monoisotopic (exact) mass is 224 g/mol. The Kier molecular flexibility index (Phi) is 3.07. The first-order valence-corrected chi connectivity index (χ1v) is 6.14. The Bertz CT molecular complexity index is 332. The number of nitrogens with two attached hydrogens (primary N) is 1. The molecule has 82 valence electrons. The number of likely N-dealkylation sites (N-methyl/N-ethyl adjacent to an activating group) is 1.